The Hall–Kier alpha value is -1.11. The minimum atomic E-state index is -3.08. The van der Waals surface area contributed by atoms with Gasteiger partial charge in [0.05, 0.1) is 6.26 Å². The fraction of sp³-hybridized carbons (Fsp3) is 0.500. The Morgan fingerprint density at radius 3 is 2.56 bits per heavy atom. The van der Waals surface area contributed by atoms with Gasteiger partial charge in [0.25, 0.3) is 0 Å². The molecule has 5 nitrogen and oxygen atoms in total. The maximum absolute atomic E-state index is 10.8. The van der Waals surface area contributed by atoms with Gasteiger partial charge in [0.15, 0.2) is 0 Å². The number of anilines is 1. The molecule has 0 fully saturated rings. The predicted octanol–water partition coefficient (Wildman–Crippen LogP) is 0.259. The highest BCUT2D eigenvalue weighted by molar-refractivity contribution is 7.88. The molecule has 0 amide bonds. The van der Waals surface area contributed by atoms with E-state index in [1.807, 2.05) is 25.1 Å². The molecule has 1 aromatic carbocycles. The number of aryl methyl sites for hydroxylation is 1. The Morgan fingerprint density at radius 1 is 1.22 bits per heavy atom. The minimum Gasteiger partial charge on any atom is -0.399 e. The summed E-state index contributed by atoms with van der Waals surface area (Å²) in [7, 11) is -3.08. The van der Waals surface area contributed by atoms with Crippen molar-refractivity contribution in [1.82, 2.24) is 10.0 Å². The molecule has 4 N–H and O–H groups in total. The van der Waals surface area contributed by atoms with Crippen molar-refractivity contribution in [2.75, 3.05) is 31.6 Å². The standard InChI is InChI=1S/C12H21N3O2S/c1-10-9-12(13)4-3-11(10)5-6-14-7-8-15-18(2,16)17/h3-4,9,14-15H,5-8,13H2,1-2H3. The van der Waals surface area contributed by atoms with Crippen molar-refractivity contribution >= 4 is 15.7 Å². The molecule has 0 aliphatic rings. The first-order chi connectivity index (χ1) is 8.38. The van der Waals surface area contributed by atoms with Crippen LogP contribution in [0.5, 0.6) is 0 Å². The number of benzene rings is 1. The van der Waals surface area contributed by atoms with Gasteiger partial charge in [0, 0.05) is 18.8 Å². The van der Waals surface area contributed by atoms with E-state index in [0.717, 1.165) is 24.9 Å². The van der Waals surface area contributed by atoms with Crippen LogP contribution in [0.3, 0.4) is 0 Å². The number of hydrogen-bond acceptors (Lipinski definition) is 4. The van der Waals surface area contributed by atoms with Crippen LogP contribution in [0, 0.1) is 6.92 Å². The summed E-state index contributed by atoms with van der Waals surface area (Å²) >= 11 is 0. The Morgan fingerprint density at radius 2 is 1.94 bits per heavy atom. The van der Waals surface area contributed by atoms with Gasteiger partial charge in [-0.3, -0.25) is 0 Å². The molecule has 0 saturated carbocycles. The maximum atomic E-state index is 10.8. The van der Waals surface area contributed by atoms with Crippen molar-refractivity contribution in [2.45, 2.75) is 13.3 Å². The van der Waals surface area contributed by atoms with Crippen LogP contribution >= 0.6 is 0 Å². The van der Waals surface area contributed by atoms with Gasteiger partial charge in [-0.15, -0.1) is 0 Å². The first-order valence-electron chi connectivity index (χ1n) is 5.89. The third kappa shape index (κ3) is 6.00. The van der Waals surface area contributed by atoms with Crippen molar-refractivity contribution in [3.8, 4) is 0 Å². The molecule has 0 aliphatic heterocycles. The highest BCUT2D eigenvalue weighted by Crippen LogP contribution is 2.12. The van der Waals surface area contributed by atoms with Crippen LogP contribution in [0.15, 0.2) is 18.2 Å². The van der Waals surface area contributed by atoms with Crippen LogP contribution < -0.4 is 15.8 Å². The van der Waals surface area contributed by atoms with E-state index >= 15 is 0 Å². The number of nitrogens with one attached hydrogen (secondary N) is 2. The predicted molar refractivity (Wildman–Crippen MR) is 75.0 cm³/mol. The van der Waals surface area contributed by atoms with Crippen LogP contribution in [-0.2, 0) is 16.4 Å². The highest BCUT2D eigenvalue weighted by Gasteiger charge is 2.00. The summed E-state index contributed by atoms with van der Waals surface area (Å²) in [6, 6.07) is 5.88. The number of nitrogen functional groups attached to an aromatic ring is 1. The third-order valence-electron chi connectivity index (χ3n) is 2.60. The highest BCUT2D eigenvalue weighted by atomic mass is 32.2. The normalized spacial score (nSPS) is 11.7. The smallest absolute Gasteiger partial charge is 0.208 e. The lowest BCUT2D eigenvalue weighted by atomic mass is 10.1. The zero-order valence-electron chi connectivity index (χ0n) is 10.9. The average Bonchev–Trinajstić information content (AvgIpc) is 2.24. The first-order valence-corrected chi connectivity index (χ1v) is 7.78. The largest absolute Gasteiger partial charge is 0.399 e. The molecule has 1 aromatic rings. The van der Waals surface area contributed by atoms with Gasteiger partial charge in [-0.2, -0.15) is 0 Å². The molecule has 0 saturated heterocycles. The number of hydrogen-bond donors (Lipinski definition) is 3. The molecule has 6 heteroatoms. The summed E-state index contributed by atoms with van der Waals surface area (Å²) < 4.78 is 24.1. The van der Waals surface area contributed by atoms with Gasteiger partial charge in [-0.05, 0) is 43.1 Å². The summed E-state index contributed by atoms with van der Waals surface area (Å²) in [6.07, 6.45) is 2.07. The van der Waals surface area contributed by atoms with Gasteiger partial charge in [0.2, 0.25) is 10.0 Å². The lowest BCUT2D eigenvalue weighted by Gasteiger charge is -2.08. The van der Waals surface area contributed by atoms with Crippen molar-refractivity contribution in [1.29, 1.82) is 0 Å². The molecule has 0 aliphatic carbocycles. The fourth-order valence-corrected chi connectivity index (χ4v) is 2.15. The lowest BCUT2D eigenvalue weighted by molar-refractivity contribution is 0.582. The number of nitrogens with two attached hydrogens (primary N) is 1. The van der Waals surface area contributed by atoms with E-state index in [9.17, 15) is 8.42 Å². The summed E-state index contributed by atoms with van der Waals surface area (Å²) in [6.45, 7) is 3.90. The Balaban J connectivity index is 2.22. The van der Waals surface area contributed by atoms with Crippen LogP contribution in [0.1, 0.15) is 11.1 Å². The summed E-state index contributed by atoms with van der Waals surface area (Å²) in [5.41, 5.74) is 8.90. The molecule has 0 atom stereocenters. The van der Waals surface area contributed by atoms with Crippen molar-refractivity contribution in [3.63, 3.8) is 0 Å². The molecular formula is C12H21N3O2S. The number of rotatable bonds is 7. The topological polar surface area (TPSA) is 84.2 Å². The Kier molecular flexibility index (Phi) is 5.58. The SMILES string of the molecule is Cc1cc(N)ccc1CCNCCNS(C)(=O)=O. The fourth-order valence-electron chi connectivity index (χ4n) is 1.67. The molecule has 0 spiro atoms. The van der Waals surface area contributed by atoms with E-state index in [4.69, 9.17) is 5.73 Å². The summed E-state index contributed by atoms with van der Waals surface area (Å²) in [5.74, 6) is 0. The first kappa shape index (κ1) is 14.9. The summed E-state index contributed by atoms with van der Waals surface area (Å²) in [4.78, 5) is 0. The molecule has 18 heavy (non-hydrogen) atoms. The second-order valence-electron chi connectivity index (χ2n) is 4.35. The molecule has 0 unspecified atom stereocenters. The molecular weight excluding hydrogens is 250 g/mol. The van der Waals surface area contributed by atoms with E-state index in [-0.39, 0.29) is 0 Å². The van der Waals surface area contributed by atoms with Crippen LogP contribution in [0.4, 0.5) is 5.69 Å². The van der Waals surface area contributed by atoms with E-state index in [1.165, 1.54) is 11.1 Å². The molecule has 0 bridgehead atoms. The van der Waals surface area contributed by atoms with E-state index in [2.05, 4.69) is 10.0 Å². The molecule has 0 radical (unpaired) electrons. The Labute approximate surface area is 109 Å². The second-order valence-corrected chi connectivity index (χ2v) is 6.19. The monoisotopic (exact) mass is 271 g/mol. The zero-order chi connectivity index (χ0) is 13.6. The molecule has 1 rings (SSSR count). The van der Waals surface area contributed by atoms with Gasteiger partial charge < -0.3 is 11.1 Å². The number of sulfonamides is 1. The van der Waals surface area contributed by atoms with E-state index < -0.39 is 10.0 Å². The van der Waals surface area contributed by atoms with Gasteiger partial charge in [0.1, 0.15) is 0 Å². The van der Waals surface area contributed by atoms with Crippen molar-refractivity contribution < 1.29 is 8.42 Å². The third-order valence-corrected chi connectivity index (χ3v) is 3.33. The van der Waals surface area contributed by atoms with Crippen molar-refractivity contribution in [2.24, 2.45) is 0 Å². The van der Waals surface area contributed by atoms with Crippen LogP contribution in [0.2, 0.25) is 0 Å². The summed E-state index contributed by atoms with van der Waals surface area (Å²) in [5, 5.41) is 3.19. The Bertz CT molecular complexity index is 486. The zero-order valence-corrected chi connectivity index (χ0v) is 11.7. The molecule has 0 aromatic heterocycles. The molecule has 102 valence electrons. The van der Waals surface area contributed by atoms with Gasteiger partial charge in [-0.1, -0.05) is 6.07 Å². The average molecular weight is 271 g/mol. The van der Waals surface area contributed by atoms with E-state index in [1.54, 1.807) is 0 Å². The van der Waals surface area contributed by atoms with Crippen LogP contribution in [0.25, 0.3) is 0 Å². The van der Waals surface area contributed by atoms with E-state index in [0.29, 0.717) is 13.1 Å². The lowest BCUT2D eigenvalue weighted by Crippen LogP contribution is -2.31. The quantitative estimate of drug-likeness (QED) is 0.490. The second kappa shape index (κ2) is 6.72. The van der Waals surface area contributed by atoms with Crippen molar-refractivity contribution in [3.05, 3.63) is 29.3 Å². The minimum absolute atomic E-state index is 0.416. The van der Waals surface area contributed by atoms with Gasteiger partial charge in [-0.25, -0.2) is 13.1 Å². The van der Waals surface area contributed by atoms with Gasteiger partial charge >= 0.3 is 0 Å². The maximum Gasteiger partial charge on any atom is 0.208 e. The molecule has 0 heterocycles. The van der Waals surface area contributed by atoms with Crippen LogP contribution in [-0.4, -0.2) is 34.3 Å².